The van der Waals surface area contributed by atoms with E-state index in [1.54, 1.807) is 24.3 Å². The molecule has 0 aromatic heterocycles. The van der Waals surface area contributed by atoms with E-state index in [4.69, 9.17) is 4.74 Å². The Balaban J connectivity index is 1.98. The number of hydrogen-bond donors (Lipinski definition) is 2. The summed E-state index contributed by atoms with van der Waals surface area (Å²) in [6, 6.07) is 14.5. The van der Waals surface area contributed by atoms with Crippen LogP contribution in [0.3, 0.4) is 0 Å². The minimum absolute atomic E-state index is 0.0575. The number of nitrogens with one attached hydrogen (secondary N) is 2. The van der Waals surface area contributed by atoms with Crippen LogP contribution in [0.15, 0.2) is 48.5 Å². The number of benzene rings is 2. The minimum Gasteiger partial charge on any atom is -0.465 e. The van der Waals surface area contributed by atoms with Crippen molar-refractivity contribution in [2.45, 2.75) is 6.92 Å². The molecule has 2 N–H and O–H groups in total. The lowest BCUT2D eigenvalue weighted by molar-refractivity contribution is -0.114. The van der Waals surface area contributed by atoms with E-state index in [-0.39, 0.29) is 12.5 Å². The number of anilines is 2. The summed E-state index contributed by atoms with van der Waals surface area (Å²) in [5.74, 6) is -0.632. The second kappa shape index (κ2) is 7.26. The fraction of sp³-hybridized carbons (Fsp3) is 0.176. The molecule has 114 valence electrons. The Hall–Kier alpha value is -2.82. The molecule has 0 aliphatic rings. The normalized spacial score (nSPS) is 9.91. The molecule has 0 radical (unpaired) electrons. The number of esters is 1. The second-order valence-corrected chi connectivity index (χ2v) is 4.81. The molecule has 5 heteroatoms. The van der Waals surface area contributed by atoms with Crippen LogP contribution in [0.5, 0.6) is 0 Å². The van der Waals surface area contributed by atoms with Crippen molar-refractivity contribution in [3.63, 3.8) is 0 Å². The smallest absolute Gasteiger partial charge is 0.339 e. The predicted molar refractivity (Wildman–Crippen MR) is 86.1 cm³/mol. The summed E-state index contributed by atoms with van der Waals surface area (Å²) in [6.07, 6.45) is 0. The molecular weight excluding hydrogens is 280 g/mol. The highest BCUT2D eigenvalue weighted by Crippen LogP contribution is 2.16. The summed E-state index contributed by atoms with van der Waals surface area (Å²) in [5, 5.41) is 5.75. The first-order chi connectivity index (χ1) is 10.6. The van der Waals surface area contributed by atoms with Crippen LogP contribution in [0.1, 0.15) is 15.9 Å². The number of carbonyl (C=O) groups is 2. The predicted octanol–water partition coefficient (Wildman–Crippen LogP) is 2.83. The molecule has 0 unspecified atom stereocenters. The van der Waals surface area contributed by atoms with Crippen molar-refractivity contribution >= 4 is 23.3 Å². The summed E-state index contributed by atoms with van der Waals surface area (Å²) in [7, 11) is 1.32. The van der Waals surface area contributed by atoms with Crippen molar-refractivity contribution in [3.05, 3.63) is 59.7 Å². The van der Waals surface area contributed by atoms with Gasteiger partial charge in [0.05, 0.1) is 19.2 Å². The molecular formula is C17H18N2O3. The molecule has 0 fully saturated rings. The lowest BCUT2D eigenvalue weighted by atomic mass is 10.2. The number of methoxy groups -OCH3 is 1. The summed E-state index contributed by atoms with van der Waals surface area (Å²) in [5.41, 5.74) is 2.77. The van der Waals surface area contributed by atoms with Gasteiger partial charge in [0, 0.05) is 11.4 Å². The Labute approximate surface area is 129 Å². The number of para-hydroxylation sites is 1. The van der Waals surface area contributed by atoms with Crippen molar-refractivity contribution in [1.82, 2.24) is 0 Å². The van der Waals surface area contributed by atoms with Crippen LogP contribution >= 0.6 is 0 Å². The Bertz CT molecular complexity index is 683. The molecule has 5 nitrogen and oxygen atoms in total. The Kier molecular flexibility index (Phi) is 5.14. The number of hydrogen-bond acceptors (Lipinski definition) is 4. The molecule has 2 aromatic rings. The number of aryl methyl sites for hydroxylation is 1. The summed E-state index contributed by atoms with van der Waals surface area (Å²) >= 11 is 0. The third kappa shape index (κ3) is 4.09. The summed E-state index contributed by atoms with van der Waals surface area (Å²) in [4.78, 5) is 23.6. The van der Waals surface area contributed by atoms with E-state index >= 15 is 0 Å². The monoisotopic (exact) mass is 298 g/mol. The van der Waals surface area contributed by atoms with Gasteiger partial charge >= 0.3 is 5.97 Å². The van der Waals surface area contributed by atoms with E-state index in [0.29, 0.717) is 11.3 Å². The largest absolute Gasteiger partial charge is 0.465 e. The SMILES string of the molecule is COC(=O)c1ccccc1NCC(=O)Nc1cccc(C)c1. The third-order valence-electron chi connectivity index (χ3n) is 3.07. The molecule has 0 aliphatic carbocycles. The Morgan fingerprint density at radius 2 is 1.86 bits per heavy atom. The van der Waals surface area contributed by atoms with Gasteiger partial charge in [-0.1, -0.05) is 24.3 Å². The maximum Gasteiger partial charge on any atom is 0.339 e. The van der Waals surface area contributed by atoms with E-state index < -0.39 is 5.97 Å². The quantitative estimate of drug-likeness (QED) is 0.833. The highest BCUT2D eigenvalue weighted by atomic mass is 16.5. The van der Waals surface area contributed by atoms with Gasteiger partial charge in [0.2, 0.25) is 5.91 Å². The molecule has 0 atom stereocenters. The maximum absolute atomic E-state index is 12.0. The topological polar surface area (TPSA) is 67.4 Å². The lowest BCUT2D eigenvalue weighted by Crippen LogP contribution is -2.22. The van der Waals surface area contributed by atoms with Crippen LogP contribution in [0, 0.1) is 6.92 Å². The summed E-state index contributed by atoms with van der Waals surface area (Å²) < 4.78 is 4.71. The minimum atomic E-state index is -0.442. The second-order valence-electron chi connectivity index (χ2n) is 4.81. The van der Waals surface area contributed by atoms with Gasteiger partial charge in [-0.25, -0.2) is 4.79 Å². The van der Waals surface area contributed by atoms with Gasteiger partial charge in [-0.05, 0) is 36.8 Å². The van der Waals surface area contributed by atoms with Crippen molar-refractivity contribution in [2.75, 3.05) is 24.3 Å². The van der Waals surface area contributed by atoms with Gasteiger partial charge in [-0.2, -0.15) is 0 Å². The van der Waals surface area contributed by atoms with E-state index in [1.165, 1.54) is 7.11 Å². The van der Waals surface area contributed by atoms with Crippen LogP contribution in [0.2, 0.25) is 0 Å². The highest BCUT2D eigenvalue weighted by molar-refractivity contribution is 5.98. The maximum atomic E-state index is 12.0. The average Bonchev–Trinajstić information content (AvgIpc) is 2.52. The van der Waals surface area contributed by atoms with Gasteiger partial charge in [-0.15, -0.1) is 0 Å². The summed E-state index contributed by atoms with van der Waals surface area (Å²) in [6.45, 7) is 2.02. The van der Waals surface area contributed by atoms with Gasteiger partial charge < -0.3 is 15.4 Å². The lowest BCUT2D eigenvalue weighted by Gasteiger charge is -2.11. The molecule has 0 heterocycles. The first-order valence-electron chi connectivity index (χ1n) is 6.88. The first kappa shape index (κ1) is 15.6. The van der Waals surface area contributed by atoms with E-state index in [1.807, 2.05) is 31.2 Å². The van der Waals surface area contributed by atoms with Crippen LogP contribution in [0.25, 0.3) is 0 Å². The van der Waals surface area contributed by atoms with Crippen molar-refractivity contribution < 1.29 is 14.3 Å². The fourth-order valence-electron chi connectivity index (χ4n) is 2.03. The highest BCUT2D eigenvalue weighted by Gasteiger charge is 2.11. The molecule has 2 rings (SSSR count). The van der Waals surface area contributed by atoms with E-state index in [2.05, 4.69) is 10.6 Å². The Morgan fingerprint density at radius 3 is 2.59 bits per heavy atom. The zero-order chi connectivity index (χ0) is 15.9. The van der Waals surface area contributed by atoms with E-state index in [9.17, 15) is 9.59 Å². The van der Waals surface area contributed by atoms with Crippen molar-refractivity contribution in [1.29, 1.82) is 0 Å². The number of rotatable bonds is 5. The number of carbonyl (C=O) groups excluding carboxylic acids is 2. The number of ether oxygens (including phenoxy) is 1. The van der Waals surface area contributed by atoms with Gasteiger partial charge in [0.25, 0.3) is 0 Å². The molecule has 0 aliphatic heterocycles. The molecule has 1 amide bonds. The van der Waals surface area contributed by atoms with Crippen molar-refractivity contribution in [3.8, 4) is 0 Å². The molecule has 22 heavy (non-hydrogen) atoms. The standard InChI is InChI=1S/C17H18N2O3/c1-12-6-5-7-13(10-12)19-16(20)11-18-15-9-4-3-8-14(15)17(21)22-2/h3-10,18H,11H2,1-2H3,(H,19,20). The molecule has 0 saturated carbocycles. The first-order valence-corrected chi connectivity index (χ1v) is 6.88. The van der Waals surface area contributed by atoms with Crippen LogP contribution < -0.4 is 10.6 Å². The average molecular weight is 298 g/mol. The van der Waals surface area contributed by atoms with Crippen LogP contribution in [0.4, 0.5) is 11.4 Å². The third-order valence-corrected chi connectivity index (χ3v) is 3.07. The zero-order valence-electron chi connectivity index (χ0n) is 12.6. The van der Waals surface area contributed by atoms with Crippen LogP contribution in [-0.4, -0.2) is 25.5 Å². The zero-order valence-corrected chi connectivity index (χ0v) is 12.6. The van der Waals surface area contributed by atoms with Crippen molar-refractivity contribution in [2.24, 2.45) is 0 Å². The molecule has 0 saturated heterocycles. The van der Waals surface area contributed by atoms with E-state index in [0.717, 1.165) is 11.3 Å². The molecule has 2 aromatic carbocycles. The van der Waals surface area contributed by atoms with Gasteiger partial charge in [0.1, 0.15) is 0 Å². The molecule has 0 spiro atoms. The van der Waals surface area contributed by atoms with Gasteiger partial charge in [0.15, 0.2) is 0 Å². The Morgan fingerprint density at radius 1 is 1.09 bits per heavy atom. The fourth-order valence-corrected chi connectivity index (χ4v) is 2.03. The number of amides is 1. The van der Waals surface area contributed by atoms with Crippen LogP contribution in [-0.2, 0) is 9.53 Å². The molecule has 0 bridgehead atoms. The van der Waals surface area contributed by atoms with Gasteiger partial charge in [-0.3, -0.25) is 4.79 Å².